The molecule has 1 aromatic rings. The summed E-state index contributed by atoms with van der Waals surface area (Å²) < 4.78 is 2.03. The highest BCUT2D eigenvalue weighted by Gasteiger charge is 2.11. The van der Waals surface area contributed by atoms with Crippen LogP contribution in [0.3, 0.4) is 0 Å². The smallest absolute Gasteiger partial charge is 0.148 e. The Balaban J connectivity index is 3.13. The Morgan fingerprint density at radius 2 is 1.73 bits per heavy atom. The molecule has 0 amide bonds. The Bertz CT molecular complexity index is 259. The van der Waals surface area contributed by atoms with Gasteiger partial charge in [0.2, 0.25) is 0 Å². The number of aryl methyl sites for hydroxylation is 2. The zero-order valence-electron chi connectivity index (χ0n) is 7.75. The van der Waals surface area contributed by atoms with Gasteiger partial charge in [-0.1, -0.05) is 0 Å². The van der Waals surface area contributed by atoms with Gasteiger partial charge in [-0.25, -0.2) is 9.07 Å². The second-order valence-electron chi connectivity index (χ2n) is 3.35. The van der Waals surface area contributed by atoms with E-state index in [-0.39, 0.29) is 0 Å². The summed E-state index contributed by atoms with van der Waals surface area (Å²) in [4.78, 5) is 4.25. The molecule has 0 N–H and O–H groups in total. The Morgan fingerprint density at radius 1 is 1.18 bits per heavy atom. The highest BCUT2D eigenvalue weighted by molar-refractivity contribution is 8.30. The van der Waals surface area contributed by atoms with Crippen molar-refractivity contribution in [2.24, 2.45) is 0 Å². The van der Waals surface area contributed by atoms with E-state index in [9.17, 15) is 0 Å². The molecular weight excluding hydrogens is 158 g/mol. The van der Waals surface area contributed by atoms with Crippen LogP contribution in [0.2, 0.25) is 0 Å². The van der Waals surface area contributed by atoms with E-state index in [1.165, 1.54) is 0 Å². The predicted octanol–water partition coefficient (Wildman–Crippen LogP) is 1.35. The fourth-order valence-corrected chi connectivity index (χ4v) is 2.22. The van der Waals surface area contributed by atoms with E-state index in [1.54, 1.807) is 0 Å². The van der Waals surface area contributed by atoms with Crippen molar-refractivity contribution in [2.75, 3.05) is 18.8 Å². The molecule has 0 unspecified atom stereocenters. The van der Waals surface area contributed by atoms with Gasteiger partial charge in [-0.15, -0.1) is 5.10 Å². The second kappa shape index (κ2) is 2.52. The summed E-state index contributed by atoms with van der Waals surface area (Å²) in [5, 5.41) is 4.32. The zero-order chi connectivity index (χ0) is 8.65. The van der Waals surface area contributed by atoms with Gasteiger partial charge < -0.3 is 0 Å². The molecule has 0 aliphatic heterocycles. The van der Waals surface area contributed by atoms with Crippen molar-refractivity contribution in [2.45, 2.75) is 13.8 Å². The molecule has 0 atom stereocenters. The van der Waals surface area contributed by atoms with Crippen molar-refractivity contribution in [1.29, 1.82) is 0 Å². The fourth-order valence-electron chi connectivity index (χ4n) is 1.02. The molecule has 0 spiro atoms. The molecule has 0 fully saturated rings. The molecule has 64 valence electrons. The van der Waals surface area contributed by atoms with E-state index in [0.717, 1.165) is 11.6 Å². The Labute approximate surface area is 69.3 Å². The third kappa shape index (κ3) is 1.74. The Morgan fingerprint density at radius 3 is 1.91 bits per heavy atom. The lowest BCUT2D eigenvalue weighted by Gasteiger charge is -2.26. The van der Waals surface area contributed by atoms with Gasteiger partial charge >= 0.3 is 0 Å². The van der Waals surface area contributed by atoms with Crippen molar-refractivity contribution in [1.82, 2.24) is 14.2 Å². The number of nitrogens with zero attached hydrogens (tertiary/aromatic N) is 3. The van der Waals surface area contributed by atoms with Crippen LogP contribution in [0.15, 0.2) is 0 Å². The van der Waals surface area contributed by atoms with Crippen LogP contribution < -0.4 is 0 Å². The summed E-state index contributed by atoms with van der Waals surface area (Å²) >= 11 is 0. The molecule has 0 aliphatic carbocycles. The van der Waals surface area contributed by atoms with Crippen molar-refractivity contribution < 1.29 is 0 Å². The van der Waals surface area contributed by atoms with E-state index < -0.39 is 10.2 Å². The molecule has 1 aromatic heterocycles. The van der Waals surface area contributed by atoms with Gasteiger partial charge in [-0.05, 0) is 32.6 Å². The molecule has 0 saturated heterocycles. The summed E-state index contributed by atoms with van der Waals surface area (Å²) in [6.07, 6.45) is 6.61. The van der Waals surface area contributed by atoms with Crippen LogP contribution in [0.25, 0.3) is 0 Å². The van der Waals surface area contributed by atoms with Gasteiger partial charge in [0.25, 0.3) is 0 Å². The molecule has 0 saturated carbocycles. The van der Waals surface area contributed by atoms with Gasteiger partial charge in [0.05, 0.1) is 0 Å². The maximum absolute atomic E-state index is 4.32. The first kappa shape index (κ1) is 8.59. The molecule has 11 heavy (non-hydrogen) atoms. The molecule has 4 heteroatoms. The largest absolute Gasteiger partial charge is 0.216 e. The third-order valence-corrected chi connectivity index (χ3v) is 2.74. The van der Waals surface area contributed by atoms with E-state index in [1.807, 2.05) is 17.9 Å². The normalized spacial score (nSPS) is 13.5. The summed E-state index contributed by atoms with van der Waals surface area (Å²) in [7, 11) is -0.770. The molecule has 0 aromatic carbocycles. The molecule has 0 radical (unpaired) electrons. The third-order valence-electron chi connectivity index (χ3n) is 1.35. The average Bonchev–Trinajstić information content (AvgIpc) is 2.08. The maximum Gasteiger partial charge on any atom is 0.148 e. The first-order valence-electron chi connectivity index (χ1n) is 3.50. The first-order valence-corrected chi connectivity index (χ1v) is 6.32. The molecular formula is C7H15N3S. The van der Waals surface area contributed by atoms with E-state index in [2.05, 4.69) is 28.8 Å². The highest BCUT2D eigenvalue weighted by Crippen LogP contribution is 2.36. The lowest BCUT2D eigenvalue weighted by Crippen LogP contribution is -2.09. The highest BCUT2D eigenvalue weighted by atomic mass is 32.3. The topological polar surface area (TPSA) is 30.7 Å². The second-order valence-corrected chi connectivity index (χ2v) is 7.24. The van der Waals surface area contributed by atoms with Gasteiger partial charge in [0.1, 0.15) is 11.6 Å². The SMILES string of the molecule is Cc1nc(C)n(S(C)(C)C)n1. The fraction of sp³-hybridized carbons (Fsp3) is 0.714. The minimum absolute atomic E-state index is 0.770. The Hall–Kier alpha value is -0.510. The van der Waals surface area contributed by atoms with Crippen molar-refractivity contribution in [3.63, 3.8) is 0 Å². The molecule has 0 aliphatic rings. The summed E-state index contributed by atoms with van der Waals surface area (Å²) in [5.74, 6) is 1.88. The predicted molar refractivity (Wildman–Crippen MR) is 50.3 cm³/mol. The van der Waals surface area contributed by atoms with Gasteiger partial charge in [-0.2, -0.15) is 10.2 Å². The van der Waals surface area contributed by atoms with Crippen LogP contribution in [-0.2, 0) is 0 Å². The van der Waals surface area contributed by atoms with E-state index >= 15 is 0 Å². The molecule has 1 rings (SSSR count). The van der Waals surface area contributed by atoms with E-state index in [4.69, 9.17) is 0 Å². The monoisotopic (exact) mass is 173 g/mol. The molecule has 0 bridgehead atoms. The van der Waals surface area contributed by atoms with Gasteiger partial charge in [-0.3, -0.25) is 0 Å². The van der Waals surface area contributed by atoms with Gasteiger partial charge in [0.15, 0.2) is 0 Å². The van der Waals surface area contributed by atoms with Crippen LogP contribution in [0, 0.1) is 13.8 Å². The van der Waals surface area contributed by atoms with Crippen molar-refractivity contribution in [3.8, 4) is 0 Å². The molecule has 1 heterocycles. The number of hydrogen-bond acceptors (Lipinski definition) is 2. The summed E-state index contributed by atoms with van der Waals surface area (Å²) in [5.41, 5.74) is 0. The Kier molecular flexibility index (Phi) is 1.96. The average molecular weight is 173 g/mol. The lowest BCUT2D eigenvalue weighted by molar-refractivity contribution is 0.932. The van der Waals surface area contributed by atoms with Crippen molar-refractivity contribution in [3.05, 3.63) is 11.6 Å². The van der Waals surface area contributed by atoms with E-state index in [0.29, 0.717) is 0 Å². The van der Waals surface area contributed by atoms with Crippen LogP contribution in [0.5, 0.6) is 0 Å². The summed E-state index contributed by atoms with van der Waals surface area (Å²) in [6.45, 7) is 3.92. The minimum Gasteiger partial charge on any atom is -0.216 e. The summed E-state index contributed by atoms with van der Waals surface area (Å²) in [6, 6.07) is 0. The number of hydrogen-bond donors (Lipinski definition) is 0. The van der Waals surface area contributed by atoms with Crippen LogP contribution in [-0.4, -0.2) is 32.9 Å². The van der Waals surface area contributed by atoms with Gasteiger partial charge in [0, 0.05) is 0 Å². The first-order chi connectivity index (χ1) is 4.91. The quantitative estimate of drug-likeness (QED) is 0.642. The zero-order valence-corrected chi connectivity index (χ0v) is 8.57. The van der Waals surface area contributed by atoms with Crippen molar-refractivity contribution >= 4 is 10.2 Å². The standard InChI is InChI=1S/C7H15N3S/c1-6-8-7(2)10(9-6)11(3,4)5/h1-5H3. The van der Waals surface area contributed by atoms with Crippen LogP contribution >= 0.6 is 10.2 Å². The van der Waals surface area contributed by atoms with Crippen LogP contribution in [0.4, 0.5) is 0 Å². The molecule has 3 nitrogen and oxygen atoms in total. The lowest BCUT2D eigenvalue weighted by atomic mass is 10.7. The number of rotatable bonds is 1. The number of aromatic nitrogens is 3. The maximum atomic E-state index is 4.32. The minimum atomic E-state index is -0.770. The van der Waals surface area contributed by atoms with Crippen LogP contribution in [0.1, 0.15) is 11.6 Å².